The molecule has 15 heavy (non-hydrogen) atoms. The maximum absolute atomic E-state index is 3.46. The van der Waals surface area contributed by atoms with Crippen LogP contribution in [0.15, 0.2) is 40.9 Å². The predicted octanol–water partition coefficient (Wildman–Crippen LogP) is 4.55. The number of allylic oxidation sites excluding steroid dienone is 2. The van der Waals surface area contributed by atoms with Gasteiger partial charge >= 0.3 is 0 Å². The molecule has 0 nitrogen and oxygen atoms in total. The van der Waals surface area contributed by atoms with Gasteiger partial charge in [0.05, 0.1) is 0 Å². The Morgan fingerprint density at radius 1 is 1.33 bits per heavy atom. The second-order valence-corrected chi connectivity index (χ2v) is 4.15. The molecule has 0 aliphatic heterocycles. The smallest absolute Gasteiger partial charge is 0.0390 e. The maximum Gasteiger partial charge on any atom is 0.0390 e. The van der Waals surface area contributed by atoms with E-state index >= 15 is 0 Å². The van der Waals surface area contributed by atoms with E-state index in [9.17, 15) is 0 Å². The molecule has 0 unspecified atom stereocenters. The Labute approximate surface area is 101 Å². The fraction of sp³-hybridized carbons (Fsp3) is 0.286. The lowest BCUT2D eigenvalue weighted by atomic mass is 10.2. The molecule has 0 amide bonds. The van der Waals surface area contributed by atoms with Crippen LogP contribution in [-0.4, -0.2) is 0 Å². The minimum atomic E-state index is 1.04. The summed E-state index contributed by atoms with van der Waals surface area (Å²) in [6, 6.07) is 8.00. The van der Waals surface area contributed by atoms with E-state index in [0.717, 1.165) is 16.5 Å². The van der Waals surface area contributed by atoms with Gasteiger partial charge in [-0.15, -0.1) is 0 Å². The standard InChI is InChI=1S/C14H15Br/c1-2-3-4-5-6-7-10-13-11-8-9-12-14(13)15/h5-6,8-9,11-12H,2-4H2,1H3/b6-5+. The summed E-state index contributed by atoms with van der Waals surface area (Å²) in [6.45, 7) is 2.20. The summed E-state index contributed by atoms with van der Waals surface area (Å²) < 4.78 is 1.06. The van der Waals surface area contributed by atoms with E-state index in [1.807, 2.05) is 30.3 Å². The fourth-order valence-electron chi connectivity index (χ4n) is 1.15. The highest BCUT2D eigenvalue weighted by Crippen LogP contribution is 2.13. The van der Waals surface area contributed by atoms with Gasteiger partial charge in [-0.2, -0.15) is 0 Å². The van der Waals surface area contributed by atoms with Crippen LogP contribution in [0.5, 0.6) is 0 Å². The third kappa shape index (κ3) is 4.85. The second-order valence-electron chi connectivity index (χ2n) is 3.29. The van der Waals surface area contributed by atoms with Gasteiger partial charge in [-0.25, -0.2) is 0 Å². The third-order valence-corrected chi connectivity index (χ3v) is 2.70. The molecule has 0 radical (unpaired) electrons. The highest BCUT2D eigenvalue weighted by Gasteiger charge is 1.90. The normalized spacial score (nSPS) is 10.0. The van der Waals surface area contributed by atoms with E-state index in [4.69, 9.17) is 0 Å². The molecule has 1 heteroatoms. The molecule has 78 valence electrons. The molecular weight excluding hydrogens is 248 g/mol. The van der Waals surface area contributed by atoms with Crippen LogP contribution < -0.4 is 0 Å². The Morgan fingerprint density at radius 3 is 2.87 bits per heavy atom. The van der Waals surface area contributed by atoms with Gasteiger partial charge in [-0.3, -0.25) is 0 Å². The molecule has 0 aliphatic carbocycles. The van der Waals surface area contributed by atoms with E-state index in [1.165, 1.54) is 12.8 Å². The Bertz CT molecular complexity index is 380. The molecule has 0 bridgehead atoms. The highest BCUT2D eigenvalue weighted by molar-refractivity contribution is 9.10. The van der Waals surface area contributed by atoms with Crippen molar-refractivity contribution in [3.8, 4) is 11.8 Å². The van der Waals surface area contributed by atoms with E-state index in [-0.39, 0.29) is 0 Å². The summed E-state index contributed by atoms with van der Waals surface area (Å²) in [6.07, 6.45) is 7.68. The van der Waals surface area contributed by atoms with Crippen LogP contribution in [-0.2, 0) is 0 Å². The number of hydrogen-bond donors (Lipinski definition) is 0. The van der Waals surface area contributed by atoms with Crippen molar-refractivity contribution in [2.75, 3.05) is 0 Å². The Balaban J connectivity index is 2.51. The molecule has 0 fully saturated rings. The van der Waals surface area contributed by atoms with Gasteiger partial charge in [0.25, 0.3) is 0 Å². The summed E-state index contributed by atoms with van der Waals surface area (Å²) in [7, 11) is 0. The van der Waals surface area contributed by atoms with Gasteiger partial charge in [0.2, 0.25) is 0 Å². The summed E-state index contributed by atoms with van der Waals surface area (Å²) in [4.78, 5) is 0. The molecule has 0 atom stereocenters. The van der Waals surface area contributed by atoms with E-state index in [0.29, 0.717) is 0 Å². The lowest BCUT2D eigenvalue weighted by Gasteiger charge is -1.92. The molecule has 1 aromatic carbocycles. The first kappa shape index (κ1) is 12.1. The first-order valence-corrected chi connectivity index (χ1v) is 6.05. The van der Waals surface area contributed by atoms with Crippen molar-refractivity contribution < 1.29 is 0 Å². The van der Waals surface area contributed by atoms with E-state index in [1.54, 1.807) is 0 Å². The van der Waals surface area contributed by atoms with Gasteiger partial charge in [-0.05, 0) is 40.6 Å². The third-order valence-electron chi connectivity index (χ3n) is 2.01. The number of benzene rings is 1. The molecule has 0 aromatic heterocycles. The van der Waals surface area contributed by atoms with Crippen LogP contribution in [0.2, 0.25) is 0 Å². The summed E-state index contributed by atoms with van der Waals surface area (Å²) in [5.74, 6) is 6.15. The fourth-order valence-corrected chi connectivity index (χ4v) is 1.53. The Hall–Kier alpha value is -1.000. The van der Waals surface area contributed by atoms with Crippen molar-refractivity contribution in [2.24, 2.45) is 0 Å². The van der Waals surface area contributed by atoms with Gasteiger partial charge < -0.3 is 0 Å². The number of halogens is 1. The number of hydrogen-bond acceptors (Lipinski definition) is 0. The van der Waals surface area contributed by atoms with E-state index < -0.39 is 0 Å². The monoisotopic (exact) mass is 262 g/mol. The number of unbranched alkanes of at least 4 members (excludes halogenated alkanes) is 2. The SMILES string of the molecule is CCCC/C=C/C#Cc1ccccc1Br. The quantitative estimate of drug-likeness (QED) is 0.554. The Morgan fingerprint density at radius 2 is 2.13 bits per heavy atom. The van der Waals surface area contributed by atoms with Crippen LogP contribution in [0.25, 0.3) is 0 Å². The lowest BCUT2D eigenvalue weighted by molar-refractivity contribution is 0.815. The zero-order chi connectivity index (χ0) is 10.9. The molecule has 1 rings (SSSR count). The van der Waals surface area contributed by atoms with Gasteiger partial charge in [0.1, 0.15) is 0 Å². The van der Waals surface area contributed by atoms with Crippen molar-refractivity contribution in [1.82, 2.24) is 0 Å². The average molecular weight is 263 g/mol. The van der Waals surface area contributed by atoms with Gasteiger partial charge in [0, 0.05) is 10.0 Å². The molecule has 0 heterocycles. The van der Waals surface area contributed by atoms with Crippen LogP contribution in [0.4, 0.5) is 0 Å². The zero-order valence-electron chi connectivity index (χ0n) is 8.96. The lowest BCUT2D eigenvalue weighted by Crippen LogP contribution is -1.74. The Kier molecular flexibility index (Phi) is 5.88. The van der Waals surface area contributed by atoms with Crippen LogP contribution in [0.1, 0.15) is 31.7 Å². The predicted molar refractivity (Wildman–Crippen MR) is 69.7 cm³/mol. The molecule has 0 saturated heterocycles. The topological polar surface area (TPSA) is 0 Å². The first-order chi connectivity index (χ1) is 7.34. The molecular formula is C14H15Br. The highest BCUT2D eigenvalue weighted by atomic mass is 79.9. The second kappa shape index (κ2) is 7.31. The van der Waals surface area contributed by atoms with Gasteiger partial charge in [-0.1, -0.05) is 49.8 Å². The zero-order valence-corrected chi connectivity index (χ0v) is 10.5. The molecule has 0 saturated carbocycles. The van der Waals surface area contributed by atoms with Crippen LogP contribution in [0.3, 0.4) is 0 Å². The minimum absolute atomic E-state index is 1.04. The largest absolute Gasteiger partial charge is 0.0761 e. The molecule has 0 N–H and O–H groups in total. The molecule has 0 aliphatic rings. The average Bonchev–Trinajstić information content (AvgIpc) is 2.25. The summed E-state index contributed by atoms with van der Waals surface area (Å²) >= 11 is 3.46. The van der Waals surface area contributed by atoms with Crippen molar-refractivity contribution in [1.29, 1.82) is 0 Å². The molecule has 1 aromatic rings. The van der Waals surface area contributed by atoms with Crippen molar-refractivity contribution in [3.05, 3.63) is 46.5 Å². The van der Waals surface area contributed by atoms with Crippen molar-refractivity contribution >= 4 is 15.9 Å². The van der Waals surface area contributed by atoms with Gasteiger partial charge in [0.15, 0.2) is 0 Å². The number of rotatable bonds is 3. The summed E-state index contributed by atoms with van der Waals surface area (Å²) in [5, 5.41) is 0. The van der Waals surface area contributed by atoms with Crippen LogP contribution in [0, 0.1) is 11.8 Å². The van der Waals surface area contributed by atoms with Crippen molar-refractivity contribution in [2.45, 2.75) is 26.2 Å². The summed E-state index contributed by atoms with van der Waals surface area (Å²) in [5.41, 5.74) is 1.04. The van der Waals surface area contributed by atoms with Crippen molar-refractivity contribution in [3.63, 3.8) is 0 Å². The van der Waals surface area contributed by atoms with E-state index in [2.05, 4.69) is 40.8 Å². The minimum Gasteiger partial charge on any atom is -0.0761 e. The molecule has 0 spiro atoms. The maximum atomic E-state index is 3.46. The van der Waals surface area contributed by atoms with Crippen LogP contribution >= 0.6 is 15.9 Å². The first-order valence-electron chi connectivity index (χ1n) is 5.25.